The summed E-state index contributed by atoms with van der Waals surface area (Å²) in [6.45, 7) is 1.67. The predicted molar refractivity (Wildman–Crippen MR) is 82.0 cm³/mol. The molecule has 0 aromatic heterocycles. The smallest absolute Gasteiger partial charge is 0.283 e. The number of nitro benzene ring substituents is 1. The number of aliphatic hydroxyl groups excluding tert-OH is 1. The molecule has 4 nitrogen and oxygen atoms in total. The lowest BCUT2D eigenvalue weighted by molar-refractivity contribution is -0.387. The number of benzene rings is 2. The van der Waals surface area contributed by atoms with E-state index in [4.69, 9.17) is 0 Å². The molecule has 104 valence electrons. The van der Waals surface area contributed by atoms with Crippen LogP contribution in [0.15, 0.2) is 56.7 Å². The van der Waals surface area contributed by atoms with Crippen LogP contribution in [0.3, 0.4) is 0 Å². The van der Waals surface area contributed by atoms with Crippen LogP contribution in [0.2, 0.25) is 0 Å². The van der Waals surface area contributed by atoms with Gasteiger partial charge in [0.2, 0.25) is 0 Å². The Hall–Kier alpha value is -1.37. The van der Waals surface area contributed by atoms with Gasteiger partial charge in [0.1, 0.15) is 0 Å². The van der Waals surface area contributed by atoms with Crippen molar-refractivity contribution >= 4 is 33.4 Å². The fourth-order valence-electron chi connectivity index (χ4n) is 1.75. The highest BCUT2D eigenvalue weighted by Gasteiger charge is 2.16. The Morgan fingerprint density at radius 1 is 1.25 bits per heavy atom. The van der Waals surface area contributed by atoms with Crippen molar-refractivity contribution in [1.82, 2.24) is 0 Å². The minimum atomic E-state index is -0.641. The van der Waals surface area contributed by atoms with Crippen LogP contribution in [-0.2, 0) is 0 Å². The summed E-state index contributed by atoms with van der Waals surface area (Å²) < 4.78 is 0.861. The fraction of sp³-hybridized carbons (Fsp3) is 0.143. The first-order valence-corrected chi connectivity index (χ1v) is 7.49. The molecule has 2 aromatic carbocycles. The summed E-state index contributed by atoms with van der Waals surface area (Å²) in [6, 6.07) is 12.1. The van der Waals surface area contributed by atoms with E-state index in [0.717, 1.165) is 14.9 Å². The minimum absolute atomic E-state index is 0.0666. The van der Waals surface area contributed by atoms with Gasteiger partial charge >= 0.3 is 0 Å². The average molecular weight is 354 g/mol. The third-order valence-corrected chi connectivity index (χ3v) is 4.35. The van der Waals surface area contributed by atoms with Crippen molar-refractivity contribution in [3.63, 3.8) is 0 Å². The molecular weight excluding hydrogens is 342 g/mol. The Morgan fingerprint density at radius 2 is 1.95 bits per heavy atom. The molecule has 0 aliphatic heterocycles. The van der Waals surface area contributed by atoms with Crippen LogP contribution in [0.5, 0.6) is 0 Å². The topological polar surface area (TPSA) is 63.4 Å². The molecule has 1 N–H and O–H groups in total. The summed E-state index contributed by atoms with van der Waals surface area (Å²) in [7, 11) is 0. The maximum atomic E-state index is 11.0. The minimum Gasteiger partial charge on any atom is -0.389 e. The molecular formula is C14H12BrNO3S. The molecule has 2 rings (SSSR count). The average Bonchev–Trinajstić information content (AvgIpc) is 2.41. The van der Waals surface area contributed by atoms with Gasteiger partial charge in [-0.3, -0.25) is 10.1 Å². The predicted octanol–water partition coefficient (Wildman–Crippen LogP) is 4.56. The highest BCUT2D eigenvalue weighted by Crippen LogP contribution is 2.38. The molecule has 0 saturated carbocycles. The number of rotatable bonds is 4. The van der Waals surface area contributed by atoms with Crippen LogP contribution >= 0.6 is 27.7 Å². The standard InChI is InChI=1S/C14H12BrNO3S/c1-9(17)11-8-10(15)6-7-13(11)20-14-5-3-2-4-12(14)16(18)19/h2-9,17H,1H3. The molecule has 0 fully saturated rings. The summed E-state index contributed by atoms with van der Waals surface area (Å²) in [5, 5.41) is 20.8. The van der Waals surface area contributed by atoms with Gasteiger partial charge in [0, 0.05) is 15.4 Å². The van der Waals surface area contributed by atoms with Crippen molar-refractivity contribution in [3.05, 3.63) is 62.6 Å². The van der Waals surface area contributed by atoms with Gasteiger partial charge < -0.3 is 5.11 Å². The zero-order valence-corrected chi connectivity index (χ0v) is 13.0. The third-order valence-electron chi connectivity index (χ3n) is 2.70. The van der Waals surface area contributed by atoms with E-state index in [9.17, 15) is 15.2 Å². The van der Waals surface area contributed by atoms with Crippen molar-refractivity contribution in [1.29, 1.82) is 0 Å². The normalized spacial score (nSPS) is 12.2. The van der Waals surface area contributed by atoms with E-state index < -0.39 is 11.0 Å². The van der Waals surface area contributed by atoms with Gasteiger partial charge in [-0.2, -0.15) is 0 Å². The first-order valence-electron chi connectivity index (χ1n) is 5.88. The highest BCUT2D eigenvalue weighted by molar-refractivity contribution is 9.10. The van der Waals surface area contributed by atoms with E-state index in [2.05, 4.69) is 15.9 Å². The lowest BCUT2D eigenvalue weighted by Gasteiger charge is -2.12. The van der Waals surface area contributed by atoms with Gasteiger partial charge in [-0.25, -0.2) is 0 Å². The van der Waals surface area contributed by atoms with Crippen molar-refractivity contribution in [2.24, 2.45) is 0 Å². The molecule has 0 amide bonds. The largest absolute Gasteiger partial charge is 0.389 e. The van der Waals surface area contributed by atoms with Crippen LogP contribution in [0.25, 0.3) is 0 Å². The maximum Gasteiger partial charge on any atom is 0.283 e. The van der Waals surface area contributed by atoms with E-state index in [1.807, 2.05) is 18.2 Å². The van der Waals surface area contributed by atoms with Crippen LogP contribution in [0, 0.1) is 10.1 Å². The van der Waals surface area contributed by atoms with Crippen molar-refractivity contribution in [3.8, 4) is 0 Å². The molecule has 0 saturated heterocycles. The number of hydrogen-bond acceptors (Lipinski definition) is 4. The maximum absolute atomic E-state index is 11.0. The fourth-order valence-corrected chi connectivity index (χ4v) is 3.24. The Kier molecular flexibility index (Phi) is 4.80. The van der Waals surface area contributed by atoms with Crippen LogP contribution < -0.4 is 0 Å². The zero-order chi connectivity index (χ0) is 14.7. The number of halogens is 1. The lowest BCUT2D eigenvalue weighted by atomic mass is 10.1. The van der Waals surface area contributed by atoms with Crippen molar-refractivity contribution < 1.29 is 10.0 Å². The second kappa shape index (κ2) is 6.39. The molecule has 0 spiro atoms. The quantitative estimate of drug-likeness (QED) is 0.646. The summed E-state index contributed by atoms with van der Waals surface area (Å²) in [5.41, 5.74) is 0.805. The summed E-state index contributed by atoms with van der Waals surface area (Å²) in [6.07, 6.45) is -0.641. The molecule has 0 aliphatic carbocycles. The number of para-hydroxylation sites is 1. The molecule has 0 radical (unpaired) electrons. The van der Waals surface area contributed by atoms with Crippen molar-refractivity contribution in [2.75, 3.05) is 0 Å². The molecule has 0 heterocycles. The number of nitro groups is 1. The van der Waals surface area contributed by atoms with Gasteiger partial charge in [-0.15, -0.1) is 0 Å². The zero-order valence-electron chi connectivity index (χ0n) is 10.6. The van der Waals surface area contributed by atoms with Crippen LogP contribution in [0.4, 0.5) is 5.69 Å². The van der Waals surface area contributed by atoms with E-state index in [1.54, 1.807) is 25.1 Å². The Labute approximate surface area is 129 Å². The molecule has 20 heavy (non-hydrogen) atoms. The van der Waals surface area contributed by atoms with Crippen LogP contribution in [0.1, 0.15) is 18.6 Å². The number of hydrogen-bond donors (Lipinski definition) is 1. The second-order valence-electron chi connectivity index (χ2n) is 4.19. The van der Waals surface area contributed by atoms with Gasteiger partial charge in [-0.05, 0) is 36.8 Å². The van der Waals surface area contributed by atoms with E-state index in [-0.39, 0.29) is 5.69 Å². The molecule has 0 aliphatic rings. The number of aliphatic hydroxyl groups is 1. The van der Waals surface area contributed by atoms with Gasteiger partial charge in [0.15, 0.2) is 0 Å². The SMILES string of the molecule is CC(O)c1cc(Br)ccc1Sc1ccccc1[N+](=O)[O-]. The van der Waals surface area contributed by atoms with Gasteiger partial charge in [-0.1, -0.05) is 39.8 Å². The second-order valence-corrected chi connectivity index (χ2v) is 6.18. The summed E-state index contributed by atoms with van der Waals surface area (Å²) in [4.78, 5) is 12.0. The molecule has 1 atom stereocenters. The van der Waals surface area contributed by atoms with Crippen molar-refractivity contribution in [2.45, 2.75) is 22.8 Å². The Balaban J connectivity index is 2.43. The molecule has 2 aromatic rings. The van der Waals surface area contributed by atoms with E-state index in [0.29, 0.717) is 4.90 Å². The first-order chi connectivity index (χ1) is 9.49. The molecule has 0 bridgehead atoms. The number of nitrogens with zero attached hydrogens (tertiary/aromatic N) is 1. The summed E-state index contributed by atoms with van der Waals surface area (Å²) in [5.74, 6) is 0. The Bertz CT molecular complexity index is 646. The monoisotopic (exact) mass is 353 g/mol. The van der Waals surface area contributed by atoms with Gasteiger partial charge in [0.25, 0.3) is 5.69 Å². The molecule has 1 unspecified atom stereocenters. The highest BCUT2D eigenvalue weighted by atomic mass is 79.9. The lowest BCUT2D eigenvalue weighted by Crippen LogP contribution is -1.95. The Morgan fingerprint density at radius 3 is 2.60 bits per heavy atom. The van der Waals surface area contributed by atoms with E-state index >= 15 is 0 Å². The van der Waals surface area contributed by atoms with Gasteiger partial charge in [0.05, 0.1) is 15.9 Å². The molecule has 6 heteroatoms. The first kappa shape index (κ1) is 15.0. The van der Waals surface area contributed by atoms with Crippen LogP contribution in [-0.4, -0.2) is 10.0 Å². The van der Waals surface area contributed by atoms with E-state index in [1.165, 1.54) is 17.8 Å². The third kappa shape index (κ3) is 3.39. The summed E-state index contributed by atoms with van der Waals surface area (Å²) >= 11 is 4.64.